The first-order chi connectivity index (χ1) is 13.3. The van der Waals surface area contributed by atoms with Gasteiger partial charge in [-0.1, -0.05) is 26.8 Å². The van der Waals surface area contributed by atoms with Crippen LogP contribution in [0.25, 0.3) is 0 Å². The third-order valence-corrected chi connectivity index (χ3v) is 5.39. The number of amidine groups is 1. The van der Waals surface area contributed by atoms with Crippen molar-refractivity contribution in [2.75, 3.05) is 17.5 Å². The molecule has 0 radical (unpaired) electrons. The highest BCUT2D eigenvalue weighted by atomic mass is 32.2. The van der Waals surface area contributed by atoms with Crippen LogP contribution < -0.4 is 4.72 Å². The third-order valence-electron chi connectivity index (χ3n) is 4.80. The third kappa shape index (κ3) is 4.64. The molecule has 0 fully saturated rings. The van der Waals surface area contributed by atoms with E-state index in [0.717, 1.165) is 23.1 Å². The largest absolute Gasteiger partial charge is 0.343 e. The quantitative estimate of drug-likeness (QED) is 0.732. The molecule has 7 nitrogen and oxygen atoms in total. The summed E-state index contributed by atoms with van der Waals surface area (Å²) in [6.45, 7) is 8.31. The van der Waals surface area contributed by atoms with Gasteiger partial charge in [-0.2, -0.15) is 0 Å². The Labute approximate surface area is 171 Å². The van der Waals surface area contributed by atoms with Crippen LogP contribution in [-0.4, -0.2) is 42.7 Å². The molecule has 1 aromatic carbocycles. The molecule has 2 N–H and O–H groups in total. The van der Waals surface area contributed by atoms with Crippen molar-refractivity contribution in [2.45, 2.75) is 39.7 Å². The van der Waals surface area contributed by atoms with Crippen molar-refractivity contribution in [1.82, 2.24) is 9.88 Å². The highest BCUT2D eigenvalue weighted by Crippen LogP contribution is 2.31. The number of carbonyl (C=O) groups is 1. The Morgan fingerprint density at radius 3 is 2.55 bits per heavy atom. The van der Waals surface area contributed by atoms with E-state index in [1.807, 2.05) is 39.8 Å². The van der Waals surface area contributed by atoms with Gasteiger partial charge in [-0.15, -0.1) is 0 Å². The molecule has 154 valence electrons. The molecule has 8 heteroatoms. The van der Waals surface area contributed by atoms with Gasteiger partial charge in [0, 0.05) is 23.4 Å². The van der Waals surface area contributed by atoms with Crippen LogP contribution in [0.2, 0.25) is 0 Å². The second-order valence-electron chi connectivity index (χ2n) is 8.47. The van der Waals surface area contributed by atoms with E-state index in [1.54, 1.807) is 23.1 Å². The number of aryl methyl sites for hydroxylation is 1. The van der Waals surface area contributed by atoms with Gasteiger partial charge in [0.2, 0.25) is 10.0 Å². The standard InChI is InChI=1S/C21H26N4O3S/c1-13-6-7-15-11-25(20(22)19(15)23-13)12-18(26)14-8-9-17(24-29(5,27)28)16(10-14)21(2,3)4/h6-10,22,24H,11-12H2,1-5H3. The van der Waals surface area contributed by atoms with Crippen LogP contribution in [0, 0.1) is 12.3 Å². The molecule has 2 aromatic rings. The number of hydrogen-bond donors (Lipinski definition) is 2. The van der Waals surface area contributed by atoms with Crippen LogP contribution in [0.5, 0.6) is 0 Å². The van der Waals surface area contributed by atoms with E-state index < -0.39 is 10.0 Å². The number of nitrogens with one attached hydrogen (secondary N) is 2. The van der Waals surface area contributed by atoms with Crippen LogP contribution in [0.3, 0.4) is 0 Å². The normalized spacial score (nSPS) is 14.1. The molecule has 3 rings (SSSR count). The molecule has 1 aliphatic heterocycles. The van der Waals surface area contributed by atoms with Crippen molar-refractivity contribution in [3.05, 3.63) is 58.4 Å². The van der Waals surface area contributed by atoms with Gasteiger partial charge in [-0.05, 0) is 42.2 Å². The number of fused-ring (bicyclic) bond motifs is 1. The summed E-state index contributed by atoms with van der Waals surface area (Å²) < 4.78 is 25.9. The highest BCUT2D eigenvalue weighted by Gasteiger charge is 2.28. The lowest BCUT2D eigenvalue weighted by Crippen LogP contribution is -2.30. The van der Waals surface area contributed by atoms with E-state index in [9.17, 15) is 13.2 Å². The lowest BCUT2D eigenvalue weighted by molar-refractivity contribution is 0.0962. The molecule has 0 saturated heterocycles. The maximum absolute atomic E-state index is 12.9. The lowest BCUT2D eigenvalue weighted by atomic mass is 9.84. The van der Waals surface area contributed by atoms with Crippen molar-refractivity contribution in [3.63, 3.8) is 0 Å². The Morgan fingerprint density at radius 2 is 1.93 bits per heavy atom. The summed E-state index contributed by atoms with van der Waals surface area (Å²) in [5.41, 5.74) is 3.74. The topological polar surface area (TPSA) is 103 Å². The lowest BCUT2D eigenvalue weighted by Gasteiger charge is -2.24. The predicted molar refractivity (Wildman–Crippen MR) is 114 cm³/mol. The Kier molecular flexibility index (Phi) is 5.25. The number of sulfonamides is 1. The summed E-state index contributed by atoms with van der Waals surface area (Å²) in [6.07, 6.45) is 1.10. The van der Waals surface area contributed by atoms with Crippen LogP contribution >= 0.6 is 0 Å². The molecule has 0 aliphatic carbocycles. The average Bonchev–Trinajstić information content (AvgIpc) is 2.88. The van der Waals surface area contributed by atoms with E-state index in [1.165, 1.54) is 0 Å². The van der Waals surface area contributed by atoms with E-state index in [-0.39, 0.29) is 23.6 Å². The van der Waals surface area contributed by atoms with E-state index in [2.05, 4.69) is 9.71 Å². The van der Waals surface area contributed by atoms with E-state index in [0.29, 0.717) is 23.5 Å². The van der Waals surface area contributed by atoms with Crippen molar-refractivity contribution in [2.24, 2.45) is 0 Å². The minimum Gasteiger partial charge on any atom is -0.343 e. The number of ketones is 1. The SMILES string of the molecule is Cc1ccc2c(n1)C(=N)N(CC(=O)c1ccc(NS(C)(=O)=O)c(C(C)(C)C)c1)C2. The number of nitrogens with zero attached hydrogens (tertiary/aromatic N) is 2. The second kappa shape index (κ2) is 7.26. The van der Waals surface area contributed by atoms with Gasteiger partial charge in [0.05, 0.1) is 18.5 Å². The van der Waals surface area contributed by atoms with Crippen LogP contribution in [-0.2, 0) is 22.0 Å². The van der Waals surface area contributed by atoms with Crippen LogP contribution in [0.1, 0.15) is 53.6 Å². The maximum atomic E-state index is 12.9. The van der Waals surface area contributed by atoms with Crippen molar-refractivity contribution in [3.8, 4) is 0 Å². The molecule has 29 heavy (non-hydrogen) atoms. The summed E-state index contributed by atoms with van der Waals surface area (Å²) >= 11 is 0. The zero-order valence-corrected chi connectivity index (χ0v) is 18.1. The molecule has 0 unspecified atom stereocenters. The molecule has 0 spiro atoms. The summed E-state index contributed by atoms with van der Waals surface area (Å²) in [7, 11) is -3.43. The molecule has 0 bridgehead atoms. The first-order valence-electron chi connectivity index (χ1n) is 9.31. The van der Waals surface area contributed by atoms with Gasteiger partial charge in [-0.3, -0.25) is 14.9 Å². The Bertz CT molecular complexity index is 1100. The summed E-state index contributed by atoms with van der Waals surface area (Å²) in [5, 5.41) is 8.35. The molecule has 1 aromatic heterocycles. The van der Waals surface area contributed by atoms with Crippen molar-refractivity contribution >= 4 is 27.3 Å². The monoisotopic (exact) mass is 414 g/mol. The number of hydrogen-bond acceptors (Lipinski definition) is 5. The molecular weight excluding hydrogens is 388 g/mol. The summed E-state index contributed by atoms with van der Waals surface area (Å²) in [5.74, 6) is 0.124. The highest BCUT2D eigenvalue weighted by molar-refractivity contribution is 7.92. The zero-order chi connectivity index (χ0) is 21.6. The number of aromatic nitrogens is 1. The van der Waals surface area contributed by atoms with Gasteiger partial charge < -0.3 is 4.90 Å². The van der Waals surface area contributed by atoms with Crippen molar-refractivity contribution < 1.29 is 13.2 Å². The van der Waals surface area contributed by atoms with E-state index >= 15 is 0 Å². The Morgan fingerprint density at radius 1 is 1.24 bits per heavy atom. The number of pyridine rings is 1. The Hall–Kier alpha value is -2.74. The fraction of sp³-hybridized carbons (Fsp3) is 0.381. The Balaban J connectivity index is 1.86. The van der Waals surface area contributed by atoms with E-state index in [4.69, 9.17) is 5.41 Å². The number of anilines is 1. The number of carbonyl (C=O) groups excluding carboxylic acids is 1. The maximum Gasteiger partial charge on any atom is 0.229 e. The van der Waals surface area contributed by atoms with Crippen LogP contribution in [0.4, 0.5) is 5.69 Å². The molecule has 2 heterocycles. The second-order valence-corrected chi connectivity index (χ2v) is 10.2. The van der Waals surface area contributed by atoms with Crippen LogP contribution in [0.15, 0.2) is 30.3 Å². The summed E-state index contributed by atoms with van der Waals surface area (Å²) in [6, 6.07) is 8.84. The molecule has 0 atom stereocenters. The first-order valence-corrected chi connectivity index (χ1v) is 11.2. The number of rotatable bonds is 5. The smallest absolute Gasteiger partial charge is 0.229 e. The molecular formula is C21H26N4O3S. The zero-order valence-electron chi connectivity index (χ0n) is 17.3. The molecule has 0 saturated carbocycles. The molecule has 1 aliphatic rings. The predicted octanol–water partition coefficient (Wildman–Crippen LogP) is 3.08. The van der Waals surface area contributed by atoms with Gasteiger partial charge in [0.1, 0.15) is 11.5 Å². The van der Waals surface area contributed by atoms with Gasteiger partial charge in [-0.25, -0.2) is 13.4 Å². The first kappa shape index (κ1) is 21.0. The minimum atomic E-state index is -3.43. The fourth-order valence-corrected chi connectivity index (χ4v) is 3.96. The van der Waals surface area contributed by atoms with Gasteiger partial charge >= 0.3 is 0 Å². The van der Waals surface area contributed by atoms with Gasteiger partial charge in [0.25, 0.3) is 0 Å². The van der Waals surface area contributed by atoms with Gasteiger partial charge in [0.15, 0.2) is 5.78 Å². The van der Waals surface area contributed by atoms with Crippen molar-refractivity contribution in [1.29, 1.82) is 5.41 Å². The molecule has 0 amide bonds. The number of benzene rings is 1. The fourth-order valence-electron chi connectivity index (χ4n) is 3.38. The summed E-state index contributed by atoms with van der Waals surface area (Å²) in [4.78, 5) is 19.1. The average molecular weight is 415 g/mol. The number of Topliss-reactive ketones (excluding diaryl/α,β-unsaturated/α-hetero) is 1. The minimum absolute atomic E-state index is 0.0661.